The Hall–Kier alpha value is -0.220. The Balaban J connectivity index is 1.62. The topological polar surface area (TPSA) is 23.6 Å². The van der Waals surface area contributed by atoms with Crippen molar-refractivity contribution in [3.63, 3.8) is 0 Å². The van der Waals surface area contributed by atoms with Crippen molar-refractivity contribution >= 4 is 18.5 Å². The molecule has 2 fully saturated rings. The zero-order valence-electron chi connectivity index (χ0n) is 9.90. The number of carbonyl (C=O) groups excluding carboxylic acids is 1. The lowest BCUT2D eigenvalue weighted by molar-refractivity contribution is -0.127. The molecular weight excluding hydrogens is 220 g/mol. The number of carbonyl (C=O) groups is 1. The molecule has 16 heavy (non-hydrogen) atoms. The molecule has 0 aromatic carbocycles. The fourth-order valence-electron chi connectivity index (χ4n) is 2.64. The second-order valence-electron chi connectivity index (χ2n) is 4.95. The van der Waals surface area contributed by atoms with Gasteiger partial charge in [0.25, 0.3) is 0 Å². The molecule has 1 atom stereocenters. The Morgan fingerprint density at radius 2 is 1.94 bits per heavy atom. The largest absolute Gasteiger partial charge is 0.342 e. The number of likely N-dealkylation sites (tertiary alicyclic amines) is 2. The minimum atomic E-state index is 0.266. The quantitative estimate of drug-likeness (QED) is 0.753. The number of hydrogen-bond acceptors (Lipinski definition) is 3. The number of amides is 1. The summed E-state index contributed by atoms with van der Waals surface area (Å²) in [6.07, 6.45) is 5.84. The average molecular weight is 242 g/mol. The van der Waals surface area contributed by atoms with E-state index in [1.165, 1.54) is 32.4 Å². The van der Waals surface area contributed by atoms with Crippen LogP contribution in [0.25, 0.3) is 0 Å². The lowest BCUT2D eigenvalue weighted by Crippen LogP contribution is -2.34. The van der Waals surface area contributed by atoms with Gasteiger partial charge in [0.1, 0.15) is 0 Å². The van der Waals surface area contributed by atoms with E-state index < -0.39 is 0 Å². The maximum atomic E-state index is 11.5. The van der Waals surface area contributed by atoms with Crippen LogP contribution < -0.4 is 0 Å². The minimum absolute atomic E-state index is 0.266. The number of nitrogens with zero attached hydrogens (tertiary/aromatic N) is 2. The van der Waals surface area contributed by atoms with E-state index in [2.05, 4.69) is 17.5 Å². The Morgan fingerprint density at radius 1 is 1.19 bits per heavy atom. The van der Waals surface area contributed by atoms with Crippen LogP contribution in [-0.4, -0.2) is 53.7 Å². The van der Waals surface area contributed by atoms with Gasteiger partial charge >= 0.3 is 0 Å². The molecule has 2 rings (SSSR count). The molecule has 2 saturated heterocycles. The maximum absolute atomic E-state index is 11.5. The van der Waals surface area contributed by atoms with Gasteiger partial charge < -0.3 is 9.80 Å². The lowest BCUT2D eigenvalue weighted by Gasteiger charge is -2.27. The van der Waals surface area contributed by atoms with Crippen LogP contribution in [0.3, 0.4) is 0 Å². The Bertz CT molecular complexity index is 241. The first kappa shape index (κ1) is 12.2. The van der Waals surface area contributed by atoms with Crippen molar-refractivity contribution in [1.82, 2.24) is 9.80 Å². The van der Waals surface area contributed by atoms with Crippen molar-refractivity contribution < 1.29 is 4.79 Å². The van der Waals surface area contributed by atoms with Crippen molar-refractivity contribution in [1.29, 1.82) is 0 Å². The van der Waals surface area contributed by atoms with Crippen LogP contribution >= 0.6 is 12.6 Å². The second kappa shape index (κ2) is 5.92. The molecule has 0 saturated carbocycles. The zero-order chi connectivity index (χ0) is 11.4. The molecule has 4 heteroatoms. The van der Waals surface area contributed by atoms with Gasteiger partial charge in [0.15, 0.2) is 0 Å². The second-order valence-corrected chi connectivity index (χ2v) is 5.68. The summed E-state index contributed by atoms with van der Waals surface area (Å²) in [5.74, 6) is 0.290. The molecule has 0 aromatic heterocycles. The molecule has 2 heterocycles. The number of piperidine rings is 1. The summed E-state index contributed by atoms with van der Waals surface area (Å²) in [5.41, 5.74) is 0. The molecule has 3 nitrogen and oxygen atoms in total. The van der Waals surface area contributed by atoms with Gasteiger partial charge in [-0.3, -0.25) is 4.79 Å². The molecule has 1 amide bonds. The van der Waals surface area contributed by atoms with Crippen molar-refractivity contribution in [2.24, 2.45) is 0 Å². The first-order valence-electron chi connectivity index (χ1n) is 6.44. The molecule has 0 aliphatic carbocycles. The molecule has 2 aliphatic rings. The van der Waals surface area contributed by atoms with Gasteiger partial charge in [-0.1, -0.05) is 6.42 Å². The van der Waals surface area contributed by atoms with Crippen LogP contribution in [0.1, 0.15) is 32.1 Å². The van der Waals surface area contributed by atoms with Crippen LogP contribution in [0, 0.1) is 0 Å². The monoisotopic (exact) mass is 242 g/mol. The summed E-state index contributed by atoms with van der Waals surface area (Å²) >= 11 is 4.36. The maximum Gasteiger partial charge on any atom is 0.223 e. The SMILES string of the molecule is O=C1CC(S)CN1CCCN1CCCCC1. The first-order valence-corrected chi connectivity index (χ1v) is 6.95. The van der Waals surface area contributed by atoms with Crippen LogP contribution in [-0.2, 0) is 4.79 Å². The van der Waals surface area contributed by atoms with Gasteiger partial charge in [0, 0.05) is 24.8 Å². The van der Waals surface area contributed by atoms with Crippen LogP contribution in [0.2, 0.25) is 0 Å². The third-order valence-corrected chi connectivity index (χ3v) is 3.89. The van der Waals surface area contributed by atoms with Crippen molar-refractivity contribution in [3.05, 3.63) is 0 Å². The Labute approximate surface area is 104 Å². The smallest absolute Gasteiger partial charge is 0.223 e. The Morgan fingerprint density at radius 3 is 2.56 bits per heavy atom. The standard InChI is InChI=1S/C12H22N2OS/c15-12-9-11(16)10-14(12)8-4-7-13-5-2-1-3-6-13/h11,16H,1-10H2. The van der Waals surface area contributed by atoms with E-state index >= 15 is 0 Å². The summed E-state index contributed by atoms with van der Waals surface area (Å²) in [6.45, 7) is 5.43. The predicted octanol–water partition coefficient (Wildman–Crippen LogP) is 1.39. The van der Waals surface area contributed by atoms with Gasteiger partial charge in [0.2, 0.25) is 5.91 Å². The molecular formula is C12H22N2OS. The van der Waals surface area contributed by atoms with Gasteiger partial charge in [-0.15, -0.1) is 0 Å². The van der Waals surface area contributed by atoms with Gasteiger partial charge in [-0.05, 0) is 38.9 Å². The van der Waals surface area contributed by atoms with E-state index in [4.69, 9.17) is 0 Å². The Kier molecular flexibility index (Phi) is 4.53. The number of hydrogen-bond donors (Lipinski definition) is 1. The van der Waals surface area contributed by atoms with E-state index in [9.17, 15) is 4.79 Å². The van der Waals surface area contributed by atoms with Crippen molar-refractivity contribution in [2.45, 2.75) is 37.4 Å². The van der Waals surface area contributed by atoms with E-state index in [1.807, 2.05) is 4.90 Å². The highest BCUT2D eigenvalue weighted by molar-refractivity contribution is 7.81. The van der Waals surface area contributed by atoms with Gasteiger partial charge in [-0.2, -0.15) is 12.6 Å². The van der Waals surface area contributed by atoms with Crippen molar-refractivity contribution in [2.75, 3.05) is 32.7 Å². The van der Waals surface area contributed by atoms with Gasteiger partial charge in [-0.25, -0.2) is 0 Å². The van der Waals surface area contributed by atoms with E-state index in [1.54, 1.807) is 0 Å². The molecule has 0 radical (unpaired) electrons. The summed E-state index contributed by atoms with van der Waals surface area (Å²) in [6, 6.07) is 0. The van der Waals surface area contributed by atoms with Crippen LogP contribution in [0.4, 0.5) is 0 Å². The van der Waals surface area contributed by atoms with Crippen molar-refractivity contribution in [3.8, 4) is 0 Å². The highest BCUT2D eigenvalue weighted by atomic mass is 32.1. The van der Waals surface area contributed by atoms with E-state index in [0.717, 1.165) is 26.1 Å². The molecule has 1 unspecified atom stereocenters. The third-order valence-electron chi connectivity index (χ3n) is 3.55. The average Bonchev–Trinajstić information content (AvgIpc) is 2.59. The highest BCUT2D eigenvalue weighted by Crippen LogP contribution is 2.16. The predicted molar refractivity (Wildman–Crippen MR) is 68.9 cm³/mol. The highest BCUT2D eigenvalue weighted by Gasteiger charge is 2.26. The molecule has 2 aliphatic heterocycles. The normalized spacial score (nSPS) is 27.7. The fraction of sp³-hybridized carbons (Fsp3) is 0.917. The summed E-state index contributed by atoms with van der Waals surface area (Å²) < 4.78 is 0. The fourth-order valence-corrected chi connectivity index (χ4v) is 2.99. The van der Waals surface area contributed by atoms with Crippen LogP contribution in [0.15, 0.2) is 0 Å². The zero-order valence-corrected chi connectivity index (χ0v) is 10.8. The molecule has 0 N–H and O–H groups in total. The minimum Gasteiger partial charge on any atom is -0.342 e. The van der Waals surface area contributed by atoms with Crippen LogP contribution in [0.5, 0.6) is 0 Å². The summed E-state index contributed by atoms with van der Waals surface area (Å²) in [7, 11) is 0. The summed E-state index contributed by atoms with van der Waals surface area (Å²) in [5, 5.41) is 0.266. The molecule has 0 spiro atoms. The number of thiol groups is 1. The first-order chi connectivity index (χ1) is 7.75. The molecule has 0 bridgehead atoms. The molecule has 92 valence electrons. The third kappa shape index (κ3) is 3.39. The number of rotatable bonds is 4. The molecule has 0 aromatic rings. The van der Waals surface area contributed by atoms with Gasteiger partial charge in [0.05, 0.1) is 0 Å². The van der Waals surface area contributed by atoms with E-state index in [-0.39, 0.29) is 5.25 Å². The summed E-state index contributed by atoms with van der Waals surface area (Å²) in [4.78, 5) is 16.0. The van der Waals surface area contributed by atoms with E-state index in [0.29, 0.717) is 12.3 Å². The lowest BCUT2D eigenvalue weighted by atomic mass is 10.1.